The maximum absolute atomic E-state index is 12.0. The lowest BCUT2D eigenvalue weighted by molar-refractivity contribution is 0.0602. The van der Waals surface area contributed by atoms with E-state index in [0.29, 0.717) is 21.6 Å². The molecule has 0 aliphatic heterocycles. The summed E-state index contributed by atoms with van der Waals surface area (Å²) in [7, 11) is 1.38. The van der Waals surface area contributed by atoms with Crippen LogP contribution in [0, 0.1) is 0 Å². The predicted octanol–water partition coefficient (Wildman–Crippen LogP) is 5.27. The number of carbonyl (C=O) groups is 1. The molecule has 0 saturated heterocycles. The first-order valence-electron chi connectivity index (χ1n) is 8.74. The average Bonchev–Trinajstić information content (AvgIpc) is 3.03. The second-order valence-electron chi connectivity index (χ2n) is 6.44. The molecule has 0 aliphatic carbocycles. The molecule has 4 nitrogen and oxygen atoms in total. The van der Waals surface area contributed by atoms with Gasteiger partial charge in [0, 0.05) is 4.88 Å². The van der Waals surface area contributed by atoms with Crippen molar-refractivity contribution in [2.45, 2.75) is 46.1 Å². The number of anilines is 1. The SMILES string of the molecule is CCc1cc(C(=O)OC)c(NC(=S)NC(C)c2ccc(C(C)C)cc2)s1. The number of thiocarbonyl (C=S) groups is 1. The van der Waals surface area contributed by atoms with Gasteiger partial charge in [0.15, 0.2) is 5.11 Å². The molecule has 0 aliphatic rings. The van der Waals surface area contributed by atoms with Gasteiger partial charge in [-0.15, -0.1) is 11.3 Å². The van der Waals surface area contributed by atoms with Crippen molar-refractivity contribution >= 4 is 39.6 Å². The van der Waals surface area contributed by atoms with Gasteiger partial charge in [-0.1, -0.05) is 45.0 Å². The van der Waals surface area contributed by atoms with Crippen molar-refractivity contribution < 1.29 is 9.53 Å². The average molecular weight is 391 g/mol. The van der Waals surface area contributed by atoms with Gasteiger partial charge in [0.05, 0.1) is 18.7 Å². The first-order chi connectivity index (χ1) is 12.3. The topological polar surface area (TPSA) is 50.4 Å². The van der Waals surface area contributed by atoms with Gasteiger partial charge in [0.1, 0.15) is 5.00 Å². The second-order valence-corrected chi connectivity index (χ2v) is 7.99. The lowest BCUT2D eigenvalue weighted by Crippen LogP contribution is -2.31. The Kier molecular flexibility index (Phi) is 7.17. The molecule has 0 bridgehead atoms. The third-order valence-electron chi connectivity index (χ3n) is 4.21. The van der Waals surface area contributed by atoms with Gasteiger partial charge in [-0.3, -0.25) is 0 Å². The van der Waals surface area contributed by atoms with E-state index in [9.17, 15) is 4.79 Å². The maximum atomic E-state index is 12.0. The Hall–Kier alpha value is -1.92. The Morgan fingerprint density at radius 1 is 1.19 bits per heavy atom. The number of thiophene rings is 1. The molecule has 0 spiro atoms. The van der Waals surface area contributed by atoms with Crippen LogP contribution in [0.3, 0.4) is 0 Å². The molecule has 1 atom stereocenters. The molecule has 6 heteroatoms. The summed E-state index contributed by atoms with van der Waals surface area (Å²) < 4.78 is 4.86. The molecule has 1 aromatic heterocycles. The Morgan fingerprint density at radius 2 is 1.81 bits per heavy atom. The summed E-state index contributed by atoms with van der Waals surface area (Å²) in [5.41, 5.74) is 3.00. The van der Waals surface area contributed by atoms with Crippen LogP contribution in [0.2, 0.25) is 0 Å². The quantitative estimate of drug-likeness (QED) is 0.520. The predicted molar refractivity (Wildman–Crippen MR) is 113 cm³/mol. The summed E-state index contributed by atoms with van der Waals surface area (Å²) in [4.78, 5) is 13.1. The number of ether oxygens (including phenoxy) is 1. The van der Waals surface area contributed by atoms with Gasteiger partial charge in [-0.25, -0.2) is 4.79 Å². The molecule has 0 radical (unpaired) electrons. The van der Waals surface area contributed by atoms with E-state index in [2.05, 4.69) is 62.6 Å². The summed E-state index contributed by atoms with van der Waals surface area (Å²) in [5.74, 6) is 0.155. The van der Waals surface area contributed by atoms with Crippen LogP contribution in [0.15, 0.2) is 30.3 Å². The number of carbonyl (C=O) groups excluding carboxylic acids is 1. The summed E-state index contributed by atoms with van der Waals surface area (Å²) in [6.07, 6.45) is 0.856. The minimum absolute atomic E-state index is 0.0587. The Bertz CT molecular complexity index is 767. The van der Waals surface area contributed by atoms with Crippen LogP contribution in [-0.2, 0) is 11.2 Å². The highest BCUT2D eigenvalue weighted by Crippen LogP contribution is 2.29. The summed E-state index contributed by atoms with van der Waals surface area (Å²) in [6.45, 7) is 8.47. The van der Waals surface area contributed by atoms with Crippen molar-refractivity contribution in [3.05, 3.63) is 51.9 Å². The molecular formula is C20H26N2O2S2. The number of aryl methyl sites for hydroxylation is 1. The fourth-order valence-corrected chi connectivity index (χ4v) is 3.89. The number of methoxy groups -OCH3 is 1. The largest absolute Gasteiger partial charge is 0.465 e. The molecule has 2 N–H and O–H groups in total. The zero-order valence-corrected chi connectivity index (χ0v) is 17.5. The standard InChI is InChI=1S/C20H26N2O2S2/c1-6-16-11-17(19(23)24-5)18(26-16)22-20(25)21-13(4)15-9-7-14(8-10-15)12(2)3/h7-13H,6H2,1-5H3,(H2,21,22,25). The molecular weight excluding hydrogens is 364 g/mol. The Labute approximate surface area is 165 Å². The molecule has 0 saturated carbocycles. The molecule has 2 rings (SSSR count). The van der Waals surface area contributed by atoms with Crippen LogP contribution >= 0.6 is 23.6 Å². The molecule has 1 aromatic carbocycles. The van der Waals surface area contributed by atoms with Crippen molar-refractivity contribution in [3.8, 4) is 0 Å². The molecule has 2 aromatic rings. The van der Waals surface area contributed by atoms with E-state index < -0.39 is 0 Å². The van der Waals surface area contributed by atoms with Crippen LogP contribution in [0.1, 0.15) is 66.0 Å². The van der Waals surface area contributed by atoms with Gasteiger partial charge >= 0.3 is 5.97 Å². The van der Waals surface area contributed by atoms with Crippen molar-refractivity contribution in [2.24, 2.45) is 0 Å². The summed E-state index contributed by atoms with van der Waals surface area (Å²) in [5, 5.41) is 7.63. The second kappa shape index (κ2) is 9.14. The van der Waals surface area contributed by atoms with E-state index in [4.69, 9.17) is 17.0 Å². The van der Waals surface area contributed by atoms with Crippen LogP contribution < -0.4 is 10.6 Å². The van der Waals surface area contributed by atoms with Crippen LogP contribution in [-0.4, -0.2) is 18.2 Å². The minimum Gasteiger partial charge on any atom is -0.465 e. The Morgan fingerprint density at radius 3 is 2.35 bits per heavy atom. The number of benzene rings is 1. The van der Waals surface area contributed by atoms with Crippen molar-refractivity contribution in [3.63, 3.8) is 0 Å². The summed E-state index contributed by atoms with van der Waals surface area (Å²) >= 11 is 6.96. The number of esters is 1. The van der Waals surface area contributed by atoms with Gasteiger partial charge in [0.2, 0.25) is 0 Å². The molecule has 0 amide bonds. The number of hydrogen-bond acceptors (Lipinski definition) is 4. The fourth-order valence-electron chi connectivity index (χ4n) is 2.56. The molecule has 1 unspecified atom stereocenters. The van der Waals surface area contributed by atoms with E-state index in [0.717, 1.165) is 16.9 Å². The lowest BCUT2D eigenvalue weighted by atomic mass is 10.00. The third-order valence-corrected chi connectivity index (χ3v) is 5.63. The van der Waals surface area contributed by atoms with Gasteiger partial charge in [-0.2, -0.15) is 0 Å². The van der Waals surface area contributed by atoms with Crippen molar-refractivity contribution in [1.29, 1.82) is 0 Å². The zero-order valence-electron chi connectivity index (χ0n) is 15.9. The van der Waals surface area contributed by atoms with Gasteiger partial charge in [-0.05, 0) is 48.7 Å². The Balaban J connectivity index is 2.06. The third kappa shape index (κ3) is 5.05. The highest BCUT2D eigenvalue weighted by atomic mass is 32.1. The smallest absolute Gasteiger partial charge is 0.340 e. The van der Waals surface area contributed by atoms with Gasteiger partial charge in [0.25, 0.3) is 0 Å². The molecule has 1 heterocycles. The highest BCUT2D eigenvalue weighted by molar-refractivity contribution is 7.80. The van der Waals surface area contributed by atoms with Crippen LogP contribution in [0.25, 0.3) is 0 Å². The summed E-state index contributed by atoms with van der Waals surface area (Å²) in [6, 6.07) is 10.5. The molecule has 0 fully saturated rings. The zero-order chi connectivity index (χ0) is 19.3. The van der Waals surface area contributed by atoms with E-state index in [1.165, 1.54) is 24.0 Å². The van der Waals surface area contributed by atoms with E-state index in [1.807, 2.05) is 6.07 Å². The molecule has 26 heavy (non-hydrogen) atoms. The number of hydrogen-bond donors (Lipinski definition) is 2. The monoisotopic (exact) mass is 390 g/mol. The minimum atomic E-state index is -0.358. The van der Waals surface area contributed by atoms with Crippen LogP contribution in [0.4, 0.5) is 5.00 Å². The van der Waals surface area contributed by atoms with Crippen LogP contribution in [0.5, 0.6) is 0 Å². The first kappa shape index (κ1) is 20.4. The lowest BCUT2D eigenvalue weighted by Gasteiger charge is -2.18. The van der Waals surface area contributed by atoms with E-state index >= 15 is 0 Å². The normalized spacial score (nSPS) is 11.9. The fraction of sp³-hybridized carbons (Fsp3) is 0.400. The highest BCUT2D eigenvalue weighted by Gasteiger charge is 2.17. The maximum Gasteiger partial charge on any atom is 0.340 e. The number of nitrogens with one attached hydrogen (secondary N) is 2. The van der Waals surface area contributed by atoms with Crippen molar-refractivity contribution in [1.82, 2.24) is 5.32 Å². The van der Waals surface area contributed by atoms with E-state index in [-0.39, 0.29) is 12.0 Å². The number of rotatable bonds is 6. The first-order valence-corrected chi connectivity index (χ1v) is 9.96. The van der Waals surface area contributed by atoms with E-state index in [1.54, 1.807) is 0 Å². The van der Waals surface area contributed by atoms with Gasteiger partial charge < -0.3 is 15.4 Å². The molecule has 140 valence electrons. The van der Waals surface area contributed by atoms with Crippen molar-refractivity contribution in [2.75, 3.05) is 12.4 Å².